The van der Waals surface area contributed by atoms with Crippen molar-refractivity contribution in [1.82, 2.24) is 20.1 Å². The topological polar surface area (TPSA) is 94.7 Å². The molecule has 0 aliphatic carbocycles. The second kappa shape index (κ2) is 13.1. The maximum atomic E-state index is 15.0. The average Bonchev–Trinajstić information content (AvgIpc) is 3.71. The van der Waals surface area contributed by atoms with Crippen LogP contribution in [0.1, 0.15) is 42.5 Å². The molecule has 6 rings (SSSR count). The third-order valence-electron chi connectivity index (χ3n) is 8.48. The lowest BCUT2D eigenvalue weighted by Crippen LogP contribution is -2.50. The molecule has 2 aliphatic rings. The van der Waals surface area contributed by atoms with E-state index in [0.717, 1.165) is 37.0 Å². The van der Waals surface area contributed by atoms with E-state index < -0.39 is 16.9 Å². The molecule has 0 unspecified atom stereocenters. The molecule has 3 atom stereocenters. The van der Waals surface area contributed by atoms with Crippen LogP contribution >= 0.6 is 39.3 Å². The number of aromatic amines is 1. The first-order valence-corrected chi connectivity index (χ1v) is 16.9. The summed E-state index contributed by atoms with van der Waals surface area (Å²) in [6.45, 7) is 5.19. The van der Waals surface area contributed by atoms with Crippen molar-refractivity contribution in [2.75, 3.05) is 19.7 Å². The van der Waals surface area contributed by atoms with Crippen LogP contribution in [0.4, 0.5) is 4.79 Å². The van der Waals surface area contributed by atoms with Gasteiger partial charge in [-0.25, -0.2) is 4.79 Å². The number of fused-ring (bicyclic) bond motifs is 1. The quantitative estimate of drug-likeness (QED) is 0.201. The number of nitrogens with one attached hydrogen (secondary N) is 2. The van der Waals surface area contributed by atoms with Gasteiger partial charge in [0, 0.05) is 56.7 Å². The second-order valence-electron chi connectivity index (χ2n) is 11.6. The maximum absolute atomic E-state index is 15.0. The van der Waals surface area contributed by atoms with E-state index in [1.165, 1.54) is 11.8 Å². The first-order valence-electron chi connectivity index (χ1n) is 15.0. The third-order valence-corrected chi connectivity index (χ3v) is 10.7. The van der Waals surface area contributed by atoms with Gasteiger partial charge in [0.15, 0.2) is 0 Å². The minimum atomic E-state index is -1.19. The first-order chi connectivity index (χ1) is 21.7. The molecule has 0 saturated carbocycles. The Morgan fingerprint density at radius 1 is 1.13 bits per heavy atom. The van der Waals surface area contributed by atoms with E-state index in [2.05, 4.69) is 26.2 Å². The van der Waals surface area contributed by atoms with Crippen LogP contribution in [-0.4, -0.2) is 63.2 Å². The molecule has 2 N–H and O–H groups in total. The molecule has 4 aromatic rings. The zero-order valence-corrected chi connectivity index (χ0v) is 28.2. The zero-order chi connectivity index (χ0) is 31.7. The molecule has 3 heterocycles. The summed E-state index contributed by atoms with van der Waals surface area (Å²) >= 11 is 11.3. The van der Waals surface area contributed by atoms with E-state index in [0.29, 0.717) is 31.1 Å². The van der Waals surface area contributed by atoms with Crippen molar-refractivity contribution in [2.45, 2.75) is 55.0 Å². The standard InChI is InChI=1S/C34H34BrClN4O4S/c1-3-44-33(43)38-25-14-15-39(20-25)32(42)34(45-26-11-4-21(2)5-12-26)17-30(41)40(19-22-6-8-23(35)9-7-22)31(34)28-18-37-29-16-24(36)10-13-27(28)29/h4-13,16,18,25,31,37H,3,14-15,17,19-20H2,1-2H3,(H,38,43)/t25-,31-,34-/m0/s1. The van der Waals surface area contributed by atoms with Crippen LogP contribution in [0.25, 0.3) is 10.9 Å². The summed E-state index contributed by atoms with van der Waals surface area (Å²) in [5, 5.41) is 4.39. The van der Waals surface area contributed by atoms with E-state index in [1.807, 2.05) is 84.8 Å². The van der Waals surface area contributed by atoms with Gasteiger partial charge in [0.2, 0.25) is 11.8 Å². The molecule has 3 aromatic carbocycles. The highest BCUT2D eigenvalue weighted by Gasteiger charge is 2.60. The number of likely N-dealkylation sites (tertiary alicyclic amines) is 2. The molecule has 3 amide bonds. The molecule has 0 radical (unpaired) electrons. The van der Waals surface area contributed by atoms with Crippen molar-refractivity contribution in [3.8, 4) is 0 Å². The lowest BCUT2D eigenvalue weighted by molar-refractivity contribution is -0.133. The molecule has 45 heavy (non-hydrogen) atoms. The number of hydrogen-bond acceptors (Lipinski definition) is 5. The van der Waals surface area contributed by atoms with Crippen molar-refractivity contribution in [2.24, 2.45) is 0 Å². The Labute approximate surface area is 279 Å². The number of halogens is 2. The summed E-state index contributed by atoms with van der Waals surface area (Å²) < 4.78 is 4.85. The number of hydrogen-bond donors (Lipinski definition) is 2. The van der Waals surface area contributed by atoms with Crippen molar-refractivity contribution in [3.05, 3.63) is 99.1 Å². The monoisotopic (exact) mass is 708 g/mol. The molecule has 2 saturated heterocycles. The Morgan fingerprint density at radius 3 is 2.62 bits per heavy atom. The molecule has 2 aliphatic heterocycles. The van der Waals surface area contributed by atoms with Crippen LogP contribution in [0.15, 0.2) is 82.3 Å². The maximum Gasteiger partial charge on any atom is 0.407 e. The SMILES string of the molecule is CCOC(=O)N[C@H]1CCN(C(=O)[C@]2(Sc3ccc(C)cc3)CC(=O)N(Cc3ccc(Br)cc3)[C@H]2c2c[nH]c3cc(Cl)ccc23)C1. The van der Waals surface area contributed by atoms with Crippen molar-refractivity contribution >= 4 is 68.1 Å². The molecular weight excluding hydrogens is 676 g/mol. The molecule has 8 nitrogen and oxygen atoms in total. The number of aryl methyl sites for hydroxylation is 1. The minimum absolute atomic E-state index is 0.0261. The Kier molecular flexibility index (Phi) is 9.17. The van der Waals surface area contributed by atoms with Crippen LogP contribution in [0.3, 0.4) is 0 Å². The summed E-state index contributed by atoms with van der Waals surface area (Å²) in [6, 6.07) is 20.8. The number of amides is 3. The van der Waals surface area contributed by atoms with Gasteiger partial charge in [-0.1, -0.05) is 63.4 Å². The normalized spacial score (nSPS) is 21.5. The molecule has 2 fully saturated rings. The van der Waals surface area contributed by atoms with Gasteiger partial charge in [0.1, 0.15) is 4.75 Å². The predicted molar refractivity (Wildman–Crippen MR) is 180 cm³/mol. The van der Waals surface area contributed by atoms with E-state index in [9.17, 15) is 9.59 Å². The Balaban J connectivity index is 1.46. The first kappa shape index (κ1) is 31.5. The number of thioether (sulfide) groups is 1. The number of H-pyrrole nitrogens is 1. The summed E-state index contributed by atoms with van der Waals surface area (Å²) in [6.07, 6.45) is 2.04. The van der Waals surface area contributed by atoms with Crippen LogP contribution in [0.2, 0.25) is 5.02 Å². The number of ether oxygens (including phenoxy) is 1. The number of carbonyl (C=O) groups excluding carboxylic acids is 3. The zero-order valence-electron chi connectivity index (χ0n) is 25.0. The fourth-order valence-electron chi connectivity index (χ4n) is 6.37. The summed E-state index contributed by atoms with van der Waals surface area (Å²) in [4.78, 5) is 49.3. The van der Waals surface area contributed by atoms with Gasteiger partial charge in [-0.15, -0.1) is 11.8 Å². The number of alkyl carbamates (subject to hydrolysis) is 1. The molecular formula is C34H34BrClN4O4S. The van der Waals surface area contributed by atoms with E-state index in [-0.39, 0.29) is 30.9 Å². The van der Waals surface area contributed by atoms with Gasteiger partial charge in [0.25, 0.3) is 0 Å². The van der Waals surface area contributed by atoms with Gasteiger partial charge in [-0.05, 0) is 62.2 Å². The molecule has 234 valence electrons. The fraction of sp³-hybridized carbons (Fsp3) is 0.324. The molecule has 0 spiro atoms. The number of rotatable bonds is 8. The van der Waals surface area contributed by atoms with Crippen molar-refractivity contribution in [3.63, 3.8) is 0 Å². The lowest BCUT2D eigenvalue weighted by Gasteiger charge is -2.38. The van der Waals surface area contributed by atoms with Crippen molar-refractivity contribution < 1.29 is 19.1 Å². The molecule has 0 bridgehead atoms. The second-order valence-corrected chi connectivity index (χ2v) is 14.3. The minimum Gasteiger partial charge on any atom is -0.450 e. The van der Waals surface area contributed by atoms with Crippen LogP contribution in [-0.2, 0) is 20.9 Å². The summed E-state index contributed by atoms with van der Waals surface area (Å²) in [7, 11) is 0. The predicted octanol–water partition coefficient (Wildman–Crippen LogP) is 7.24. The smallest absolute Gasteiger partial charge is 0.407 e. The van der Waals surface area contributed by atoms with Gasteiger partial charge < -0.3 is 24.8 Å². The Morgan fingerprint density at radius 2 is 1.89 bits per heavy atom. The van der Waals surface area contributed by atoms with Gasteiger partial charge >= 0.3 is 6.09 Å². The number of benzene rings is 3. The summed E-state index contributed by atoms with van der Waals surface area (Å²) in [5.41, 5.74) is 3.76. The number of aromatic nitrogens is 1. The average molecular weight is 710 g/mol. The lowest BCUT2D eigenvalue weighted by atomic mass is 9.90. The molecule has 1 aromatic heterocycles. The van der Waals surface area contributed by atoms with Crippen LogP contribution in [0.5, 0.6) is 0 Å². The van der Waals surface area contributed by atoms with Crippen LogP contribution in [0, 0.1) is 6.92 Å². The Bertz CT molecular complexity index is 1730. The summed E-state index contributed by atoms with van der Waals surface area (Å²) in [5.74, 6) is -0.221. The number of carbonyl (C=O) groups is 3. The van der Waals surface area contributed by atoms with Crippen molar-refractivity contribution in [1.29, 1.82) is 0 Å². The highest BCUT2D eigenvalue weighted by Crippen LogP contribution is 2.55. The van der Waals surface area contributed by atoms with E-state index in [4.69, 9.17) is 16.3 Å². The van der Waals surface area contributed by atoms with E-state index in [1.54, 1.807) is 11.8 Å². The number of nitrogens with zero attached hydrogens (tertiary/aromatic N) is 2. The fourth-order valence-corrected chi connectivity index (χ4v) is 8.27. The highest BCUT2D eigenvalue weighted by atomic mass is 79.9. The third kappa shape index (κ3) is 6.46. The van der Waals surface area contributed by atoms with E-state index >= 15 is 4.79 Å². The largest absolute Gasteiger partial charge is 0.450 e. The highest BCUT2D eigenvalue weighted by molar-refractivity contribution is 9.10. The van der Waals surface area contributed by atoms with Gasteiger partial charge in [-0.3, -0.25) is 9.59 Å². The Hall–Kier alpha value is -3.47. The molecule has 11 heteroatoms. The van der Waals surface area contributed by atoms with Crippen LogP contribution < -0.4 is 5.32 Å². The van der Waals surface area contributed by atoms with Gasteiger partial charge in [-0.2, -0.15) is 0 Å². The van der Waals surface area contributed by atoms with Gasteiger partial charge in [0.05, 0.1) is 25.1 Å².